The molecule has 11 nitrogen and oxygen atoms in total. The number of hydrogen-bond acceptors (Lipinski definition) is 9. The lowest BCUT2D eigenvalue weighted by molar-refractivity contribution is -0.0845. The van der Waals surface area contributed by atoms with E-state index in [2.05, 4.69) is 26.2 Å². The van der Waals surface area contributed by atoms with E-state index in [9.17, 15) is 9.90 Å². The van der Waals surface area contributed by atoms with Gasteiger partial charge in [0, 0.05) is 30.6 Å². The van der Waals surface area contributed by atoms with Crippen LogP contribution in [0.5, 0.6) is 11.5 Å². The third-order valence-electron chi connectivity index (χ3n) is 5.90. The second kappa shape index (κ2) is 11.1. The molecule has 1 amide bonds. The van der Waals surface area contributed by atoms with Crippen molar-refractivity contribution in [1.29, 1.82) is 0 Å². The molecule has 1 fully saturated rings. The topological polar surface area (TPSA) is 120 Å². The Hall–Kier alpha value is -3.09. The molecular formula is C25H32BrN5O6. The quantitative estimate of drug-likeness (QED) is 0.432. The SMILES string of the molecule is COc1ccc(CNc2nccn3c(C4CN(C(=O)OC(C)(C)C)C(CO)CO4)nc(Br)c23)c(OC)c1. The first-order valence-corrected chi connectivity index (χ1v) is 12.6. The number of nitrogens with one attached hydrogen (secondary N) is 1. The fraction of sp³-hybridized carbons (Fsp3) is 0.480. The van der Waals surface area contributed by atoms with Gasteiger partial charge >= 0.3 is 6.09 Å². The Bertz CT molecular complexity index is 1260. The van der Waals surface area contributed by atoms with E-state index in [-0.39, 0.29) is 19.8 Å². The molecule has 3 heterocycles. The van der Waals surface area contributed by atoms with E-state index in [1.807, 2.05) is 22.6 Å². The Kier molecular flexibility index (Phi) is 8.10. The van der Waals surface area contributed by atoms with Gasteiger partial charge < -0.3 is 29.4 Å². The predicted octanol–water partition coefficient (Wildman–Crippen LogP) is 3.79. The van der Waals surface area contributed by atoms with Crippen molar-refractivity contribution >= 4 is 33.4 Å². The minimum absolute atomic E-state index is 0.153. The zero-order chi connectivity index (χ0) is 26.7. The Labute approximate surface area is 223 Å². The second-order valence-electron chi connectivity index (χ2n) is 9.58. The number of carbonyl (C=O) groups excluding carboxylic acids is 1. The van der Waals surface area contributed by atoms with Crippen LogP contribution in [0.4, 0.5) is 10.6 Å². The Morgan fingerprint density at radius 1 is 1.30 bits per heavy atom. The number of aromatic nitrogens is 3. The molecule has 0 bridgehead atoms. The van der Waals surface area contributed by atoms with Crippen molar-refractivity contribution < 1.29 is 28.8 Å². The minimum atomic E-state index is -0.660. The van der Waals surface area contributed by atoms with Crippen LogP contribution in [-0.4, -0.2) is 76.1 Å². The molecule has 12 heteroatoms. The number of imidazole rings is 1. The number of aliphatic hydroxyl groups excluding tert-OH is 1. The Morgan fingerprint density at radius 2 is 2.08 bits per heavy atom. The largest absolute Gasteiger partial charge is 0.497 e. The lowest BCUT2D eigenvalue weighted by Gasteiger charge is -2.38. The summed E-state index contributed by atoms with van der Waals surface area (Å²) in [6.45, 7) is 5.97. The van der Waals surface area contributed by atoms with E-state index >= 15 is 0 Å². The zero-order valence-electron chi connectivity index (χ0n) is 21.5. The van der Waals surface area contributed by atoms with Crippen LogP contribution in [0.2, 0.25) is 0 Å². The summed E-state index contributed by atoms with van der Waals surface area (Å²) in [5.41, 5.74) is 0.996. The van der Waals surface area contributed by atoms with Crippen LogP contribution in [0.25, 0.3) is 5.52 Å². The Morgan fingerprint density at radius 3 is 2.76 bits per heavy atom. The second-order valence-corrected chi connectivity index (χ2v) is 10.3. The summed E-state index contributed by atoms with van der Waals surface area (Å²) in [6.07, 6.45) is 2.42. The van der Waals surface area contributed by atoms with Gasteiger partial charge in [0.2, 0.25) is 0 Å². The number of nitrogens with zero attached hydrogens (tertiary/aromatic N) is 4. The number of rotatable bonds is 7. The molecule has 0 radical (unpaired) electrons. The van der Waals surface area contributed by atoms with Crippen molar-refractivity contribution in [3.63, 3.8) is 0 Å². The van der Waals surface area contributed by atoms with E-state index < -0.39 is 23.8 Å². The molecule has 2 atom stereocenters. The Balaban J connectivity index is 1.59. The van der Waals surface area contributed by atoms with E-state index in [4.69, 9.17) is 23.9 Å². The number of anilines is 1. The fourth-order valence-electron chi connectivity index (χ4n) is 4.10. The van der Waals surface area contributed by atoms with Gasteiger partial charge in [0.05, 0.1) is 40.0 Å². The van der Waals surface area contributed by atoms with Gasteiger partial charge in [-0.15, -0.1) is 0 Å². The number of amides is 1. The molecule has 1 aliphatic rings. The van der Waals surface area contributed by atoms with Crippen molar-refractivity contribution in [2.75, 3.05) is 39.3 Å². The average Bonchev–Trinajstić information content (AvgIpc) is 3.22. The summed E-state index contributed by atoms with van der Waals surface area (Å²) in [7, 11) is 3.22. The van der Waals surface area contributed by atoms with Crippen molar-refractivity contribution in [2.45, 2.75) is 45.1 Å². The highest BCUT2D eigenvalue weighted by Crippen LogP contribution is 2.32. The van der Waals surface area contributed by atoms with E-state index in [0.29, 0.717) is 34.3 Å². The van der Waals surface area contributed by atoms with Crippen LogP contribution in [-0.2, 0) is 16.0 Å². The molecule has 2 N–H and O–H groups in total. The minimum Gasteiger partial charge on any atom is -0.497 e. The van der Waals surface area contributed by atoms with Crippen molar-refractivity contribution in [2.24, 2.45) is 0 Å². The number of ether oxygens (including phenoxy) is 4. The van der Waals surface area contributed by atoms with E-state index in [0.717, 1.165) is 11.1 Å². The normalized spacial score (nSPS) is 18.1. The highest BCUT2D eigenvalue weighted by molar-refractivity contribution is 9.10. The molecule has 1 saturated heterocycles. The molecule has 4 rings (SSSR count). The first-order chi connectivity index (χ1) is 17.6. The number of halogens is 1. The first-order valence-electron chi connectivity index (χ1n) is 11.8. The summed E-state index contributed by atoms with van der Waals surface area (Å²) in [4.78, 5) is 23.6. The lowest BCUT2D eigenvalue weighted by Crippen LogP contribution is -2.53. The molecule has 2 aromatic heterocycles. The number of carbonyl (C=O) groups is 1. The highest BCUT2D eigenvalue weighted by atomic mass is 79.9. The van der Waals surface area contributed by atoms with Crippen LogP contribution in [0.3, 0.4) is 0 Å². The maximum Gasteiger partial charge on any atom is 0.410 e. The summed E-state index contributed by atoms with van der Waals surface area (Å²) >= 11 is 3.56. The van der Waals surface area contributed by atoms with Gasteiger partial charge in [-0.3, -0.25) is 9.30 Å². The molecule has 1 aromatic carbocycles. The van der Waals surface area contributed by atoms with Crippen LogP contribution in [0, 0.1) is 0 Å². The maximum atomic E-state index is 12.9. The molecular weight excluding hydrogens is 546 g/mol. The van der Waals surface area contributed by atoms with Crippen LogP contribution >= 0.6 is 15.9 Å². The lowest BCUT2D eigenvalue weighted by atomic mass is 10.1. The highest BCUT2D eigenvalue weighted by Gasteiger charge is 2.37. The molecule has 37 heavy (non-hydrogen) atoms. The zero-order valence-corrected chi connectivity index (χ0v) is 23.1. The summed E-state index contributed by atoms with van der Waals surface area (Å²) in [5.74, 6) is 2.61. The standard InChI is InChI=1S/C25H32BrN5O6/c1-25(2,3)37-24(33)31-12-19(36-14-16(31)13-32)23-29-21(26)20-22(27-8-9-30(20)23)28-11-15-6-7-17(34-4)10-18(15)35-5/h6-10,16,19,32H,11-14H2,1-5H3,(H,27,28). The summed E-state index contributed by atoms with van der Waals surface area (Å²) < 4.78 is 24.8. The average molecular weight is 578 g/mol. The predicted molar refractivity (Wildman–Crippen MR) is 140 cm³/mol. The molecule has 0 aliphatic carbocycles. The van der Waals surface area contributed by atoms with Gasteiger partial charge in [0.15, 0.2) is 5.82 Å². The fourth-order valence-corrected chi connectivity index (χ4v) is 4.66. The van der Waals surface area contributed by atoms with Crippen LogP contribution in [0.1, 0.15) is 38.3 Å². The van der Waals surface area contributed by atoms with Crippen molar-refractivity contribution in [1.82, 2.24) is 19.3 Å². The van der Waals surface area contributed by atoms with Gasteiger partial charge in [0.25, 0.3) is 0 Å². The molecule has 3 aromatic rings. The third-order valence-corrected chi connectivity index (χ3v) is 6.45. The summed E-state index contributed by atoms with van der Waals surface area (Å²) in [5, 5.41) is 13.2. The van der Waals surface area contributed by atoms with Crippen molar-refractivity contribution in [3.05, 3.63) is 46.6 Å². The van der Waals surface area contributed by atoms with Gasteiger partial charge in [-0.1, -0.05) is 0 Å². The molecule has 0 saturated carbocycles. The van der Waals surface area contributed by atoms with E-state index in [1.165, 1.54) is 4.90 Å². The maximum absolute atomic E-state index is 12.9. The number of morpholine rings is 1. The number of fused-ring (bicyclic) bond motifs is 1. The van der Waals surface area contributed by atoms with E-state index in [1.54, 1.807) is 47.4 Å². The molecule has 0 spiro atoms. The molecule has 1 aliphatic heterocycles. The number of benzene rings is 1. The molecule has 2 unspecified atom stereocenters. The molecule has 200 valence electrons. The van der Waals surface area contributed by atoms with Gasteiger partial charge in [0.1, 0.15) is 39.1 Å². The third kappa shape index (κ3) is 5.91. The van der Waals surface area contributed by atoms with Crippen LogP contribution in [0.15, 0.2) is 35.2 Å². The number of aliphatic hydroxyl groups is 1. The van der Waals surface area contributed by atoms with Crippen LogP contribution < -0.4 is 14.8 Å². The monoisotopic (exact) mass is 577 g/mol. The van der Waals surface area contributed by atoms with Gasteiger partial charge in [-0.05, 0) is 48.8 Å². The van der Waals surface area contributed by atoms with Gasteiger partial charge in [-0.25, -0.2) is 14.8 Å². The van der Waals surface area contributed by atoms with Crippen molar-refractivity contribution in [3.8, 4) is 11.5 Å². The summed E-state index contributed by atoms with van der Waals surface area (Å²) in [6, 6.07) is 5.13. The first kappa shape index (κ1) is 27.0. The number of hydrogen-bond donors (Lipinski definition) is 2. The number of methoxy groups -OCH3 is 2. The smallest absolute Gasteiger partial charge is 0.410 e. The van der Waals surface area contributed by atoms with Gasteiger partial charge in [-0.2, -0.15) is 0 Å².